The quantitative estimate of drug-likeness (QED) is 0.0497. The predicted octanol–water partition coefficient (Wildman–Crippen LogP) is 11.2. The molecule has 0 heterocycles. The van der Waals surface area contributed by atoms with Gasteiger partial charge in [-0.1, -0.05) is 152 Å². The Kier molecular flexibility index (Phi) is 19.3. The highest BCUT2D eigenvalue weighted by Gasteiger charge is 2.22. The maximum Gasteiger partial charge on any atom is 0.308 e. The van der Waals surface area contributed by atoms with Crippen molar-refractivity contribution in [2.45, 2.75) is 109 Å². The molecule has 6 nitrogen and oxygen atoms in total. The van der Waals surface area contributed by atoms with E-state index in [1.165, 1.54) is 0 Å². The van der Waals surface area contributed by atoms with Crippen LogP contribution in [-0.2, 0) is 61.5 Å². The maximum atomic E-state index is 13.7. The molecule has 4 unspecified atom stereocenters. The number of ether oxygens (including phenoxy) is 5. The average Bonchev–Trinajstić information content (AvgIpc) is 3.25. The molecule has 0 aliphatic heterocycles. The van der Waals surface area contributed by atoms with Crippen molar-refractivity contribution in [2.24, 2.45) is 0 Å². The number of alkyl halides is 1. The summed E-state index contributed by atoms with van der Waals surface area (Å²) in [6.07, 6.45) is 3.95. The molecule has 0 N–H and O–H groups in total. The Morgan fingerprint density at radius 2 is 0.643 bits per heavy atom. The Hall–Kier alpha value is -4.66. The van der Waals surface area contributed by atoms with E-state index in [2.05, 4.69) is 24.3 Å². The summed E-state index contributed by atoms with van der Waals surface area (Å²) in [6, 6.07) is 50.1. The van der Waals surface area contributed by atoms with Gasteiger partial charge >= 0.3 is 5.97 Å². The molecular formula is C49H57FO6. The largest absolute Gasteiger partial charge is 0.461 e. The van der Waals surface area contributed by atoms with Gasteiger partial charge in [0, 0.05) is 6.42 Å². The summed E-state index contributed by atoms with van der Waals surface area (Å²) in [5.41, 5.74) is 5.26. The molecule has 56 heavy (non-hydrogen) atoms. The molecule has 0 spiro atoms. The van der Waals surface area contributed by atoms with E-state index in [4.69, 9.17) is 23.7 Å². The van der Waals surface area contributed by atoms with Crippen LogP contribution >= 0.6 is 0 Å². The summed E-state index contributed by atoms with van der Waals surface area (Å²) in [6.45, 7) is 1.60. The molecule has 5 rings (SSSR count). The second-order valence-corrected chi connectivity index (χ2v) is 14.2. The van der Waals surface area contributed by atoms with E-state index in [-0.39, 0.29) is 43.4 Å². The van der Waals surface area contributed by atoms with Crippen LogP contribution < -0.4 is 0 Å². The van der Waals surface area contributed by atoms with Crippen LogP contribution in [0.3, 0.4) is 0 Å². The van der Waals surface area contributed by atoms with Gasteiger partial charge in [0.2, 0.25) is 0 Å². The third-order valence-corrected chi connectivity index (χ3v) is 9.81. The van der Waals surface area contributed by atoms with Crippen LogP contribution in [0.15, 0.2) is 152 Å². The van der Waals surface area contributed by atoms with Gasteiger partial charge in [0.15, 0.2) is 0 Å². The van der Waals surface area contributed by atoms with Gasteiger partial charge in [-0.3, -0.25) is 9.18 Å². The molecule has 0 amide bonds. The van der Waals surface area contributed by atoms with Crippen LogP contribution in [0.5, 0.6) is 0 Å². The van der Waals surface area contributed by atoms with Gasteiger partial charge in [0.05, 0.1) is 63.9 Å². The minimum atomic E-state index is -0.433. The topological polar surface area (TPSA) is 63.2 Å². The lowest BCUT2D eigenvalue weighted by Gasteiger charge is -2.26. The highest BCUT2D eigenvalue weighted by atomic mass is 19.1. The predicted molar refractivity (Wildman–Crippen MR) is 219 cm³/mol. The minimum absolute atomic E-state index is 0.0847. The van der Waals surface area contributed by atoms with Crippen LogP contribution in [0.25, 0.3) is 0 Å². The number of benzene rings is 5. The van der Waals surface area contributed by atoms with E-state index in [0.717, 1.165) is 47.1 Å². The lowest BCUT2D eigenvalue weighted by atomic mass is 9.99. The summed E-state index contributed by atoms with van der Waals surface area (Å²) < 4.78 is 45.1. The number of carbonyl (C=O) groups is 1. The fraction of sp³-hybridized carbons (Fsp3) is 0.367. The van der Waals surface area contributed by atoms with E-state index in [0.29, 0.717) is 52.1 Å². The van der Waals surface area contributed by atoms with Crippen LogP contribution in [-0.4, -0.2) is 37.1 Å². The second kappa shape index (κ2) is 25.5. The molecule has 4 atom stereocenters. The molecule has 0 aromatic heterocycles. The Balaban J connectivity index is 1.24. The van der Waals surface area contributed by atoms with Crippen LogP contribution in [0.4, 0.5) is 4.39 Å². The minimum Gasteiger partial charge on any atom is -0.461 e. The monoisotopic (exact) mass is 760 g/mol. The zero-order valence-corrected chi connectivity index (χ0v) is 32.5. The SMILES string of the molecule is O=C(CC(CCC(CCC(CCC(CCF)OCc1ccccc1)OCc1ccccc1)OCc1ccccc1)OCc1ccccc1)OCc1ccccc1. The standard InChI is InChI=1S/C49H57FO6/c50-33-32-47(54-37-42-20-10-3-11-21-42)29-28-45(52-35-40-16-6-1-7-17-40)26-27-46(53-36-41-18-8-2-9-19-41)30-31-48(55-38-43-22-12-4-13-23-43)34-49(51)56-39-44-24-14-5-15-25-44/h1-25,45-48H,26-39H2. The second-order valence-electron chi connectivity index (χ2n) is 14.2. The third-order valence-electron chi connectivity index (χ3n) is 9.81. The fourth-order valence-electron chi connectivity index (χ4n) is 6.55. The molecule has 0 aliphatic rings. The van der Waals surface area contributed by atoms with Gasteiger partial charge in [0.1, 0.15) is 6.61 Å². The number of hydrogen-bond donors (Lipinski definition) is 0. The molecule has 7 heteroatoms. The van der Waals surface area contributed by atoms with Crippen molar-refractivity contribution in [2.75, 3.05) is 6.67 Å². The molecule has 5 aromatic rings. The zero-order valence-electron chi connectivity index (χ0n) is 32.5. The summed E-state index contributed by atoms with van der Waals surface area (Å²) in [5.74, 6) is -0.291. The van der Waals surface area contributed by atoms with E-state index in [1.54, 1.807) is 0 Å². The normalized spacial score (nSPS) is 13.4. The number of rotatable bonds is 27. The van der Waals surface area contributed by atoms with Crippen LogP contribution in [0, 0.1) is 0 Å². The first kappa shape index (κ1) is 42.5. The first-order valence-electron chi connectivity index (χ1n) is 20.0. The van der Waals surface area contributed by atoms with Crippen molar-refractivity contribution < 1.29 is 32.9 Å². The summed E-state index contributed by atoms with van der Waals surface area (Å²) >= 11 is 0. The Labute approximate surface area is 332 Å². The average molecular weight is 761 g/mol. The summed E-state index contributed by atoms with van der Waals surface area (Å²) in [5, 5.41) is 0. The number of hydrogen-bond acceptors (Lipinski definition) is 6. The first-order chi connectivity index (χ1) is 27.6. The lowest BCUT2D eigenvalue weighted by molar-refractivity contribution is -0.148. The fourth-order valence-corrected chi connectivity index (χ4v) is 6.55. The van der Waals surface area contributed by atoms with Crippen molar-refractivity contribution >= 4 is 5.97 Å². The zero-order chi connectivity index (χ0) is 38.9. The van der Waals surface area contributed by atoms with Crippen LogP contribution in [0.1, 0.15) is 79.2 Å². The summed E-state index contributed by atoms with van der Waals surface area (Å²) in [4.78, 5) is 13.1. The van der Waals surface area contributed by atoms with Crippen molar-refractivity contribution in [3.8, 4) is 0 Å². The molecule has 0 bridgehead atoms. The van der Waals surface area contributed by atoms with Crippen molar-refractivity contribution in [1.82, 2.24) is 0 Å². The van der Waals surface area contributed by atoms with E-state index in [1.807, 2.05) is 127 Å². The van der Waals surface area contributed by atoms with E-state index >= 15 is 0 Å². The molecule has 0 aliphatic carbocycles. The molecule has 0 fully saturated rings. The molecular weight excluding hydrogens is 704 g/mol. The molecule has 5 aromatic carbocycles. The van der Waals surface area contributed by atoms with E-state index < -0.39 is 6.67 Å². The molecule has 296 valence electrons. The van der Waals surface area contributed by atoms with Crippen molar-refractivity contribution in [1.29, 1.82) is 0 Å². The highest BCUT2D eigenvalue weighted by molar-refractivity contribution is 5.70. The van der Waals surface area contributed by atoms with Gasteiger partial charge in [-0.15, -0.1) is 0 Å². The Morgan fingerprint density at radius 1 is 0.375 bits per heavy atom. The first-order valence-corrected chi connectivity index (χ1v) is 20.0. The number of halogens is 1. The Bertz CT molecular complexity index is 1730. The van der Waals surface area contributed by atoms with Gasteiger partial charge in [-0.25, -0.2) is 0 Å². The maximum absolute atomic E-state index is 13.7. The lowest BCUT2D eigenvalue weighted by Crippen LogP contribution is -2.25. The number of esters is 1. The Morgan fingerprint density at radius 3 is 0.964 bits per heavy atom. The van der Waals surface area contributed by atoms with Gasteiger partial charge in [-0.2, -0.15) is 0 Å². The molecule has 0 radical (unpaired) electrons. The highest BCUT2D eigenvalue weighted by Crippen LogP contribution is 2.24. The van der Waals surface area contributed by atoms with Crippen molar-refractivity contribution in [3.63, 3.8) is 0 Å². The van der Waals surface area contributed by atoms with Gasteiger partial charge < -0.3 is 23.7 Å². The van der Waals surface area contributed by atoms with Crippen LogP contribution in [0.2, 0.25) is 0 Å². The molecule has 0 saturated heterocycles. The van der Waals surface area contributed by atoms with Gasteiger partial charge in [-0.05, 0) is 66.3 Å². The van der Waals surface area contributed by atoms with Crippen molar-refractivity contribution in [3.05, 3.63) is 179 Å². The third kappa shape index (κ3) is 17.0. The smallest absolute Gasteiger partial charge is 0.308 e. The van der Waals surface area contributed by atoms with E-state index in [9.17, 15) is 9.18 Å². The summed E-state index contributed by atoms with van der Waals surface area (Å²) in [7, 11) is 0. The number of carbonyl (C=O) groups excluding carboxylic acids is 1. The van der Waals surface area contributed by atoms with Gasteiger partial charge in [0.25, 0.3) is 0 Å². The molecule has 0 saturated carbocycles.